The first kappa shape index (κ1) is 16.8. The third kappa shape index (κ3) is 4.26. The second kappa shape index (κ2) is 7.66. The molecule has 3 aromatic rings. The van der Waals surface area contributed by atoms with E-state index in [1.807, 2.05) is 68.4 Å². The maximum absolute atomic E-state index is 12.3. The van der Waals surface area contributed by atoms with E-state index in [2.05, 4.69) is 10.3 Å². The average molecular weight is 336 g/mol. The number of hydrogen-bond donors (Lipinski definition) is 1. The molecule has 5 heteroatoms. The molecule has 128 valence electrons. The van der Waals surface area contributed by atoms with Gasteiger partial charge in [-0.15, -0.1) is 0 Å². The first-order valence-electron chi connectivity index (χ1n) is 8.20. The van der Waals surface area contributed by atoms with E-state index in [4.69, 9.17) is 9.15 Å². The molecule has 0 aliphatic rings. The van der Waals surface area contributed by atoms with Crippen molar-refractivity contribution in [1.29, 1.82) is 0 Å². The summed E-state index contributed by atoms with van der Waals surface area (Å²) in [4.78, 5) is 16.7. The summed E-state index contributed by atoms with van der Waals surface area (Å²) >= 11 is 0. The van der Waals surface area contributed by atoms with Gasteiger partial charge in [0.15, 0.2) is 0 Å². The van der Waals surface area contributed by atoms with E-state index < -0.39 is 0 Å². The Morgan fingerprint density at radius 1 is 1.12 bits per heavy atom. The molecule has 0 saturated carbocycles. The van der Waals surface area contributed by atoms with Crippen LogP contribution in [0, 0.1) is 6.92 Å². The summed E-state index contributed by atoms with van der Waals surface area (Å²) in [5.41, 5.74) is 2.33. The number of carbonyl (C=O) groups is 1. The molecule has 0 aliphatic carbocycles. The van der Waals surface area contributed by atoms with Gasteiger partial charge in [0, 0.05) is 11.3 Å². The summed E-state index contributed by atoms with van der Waals surface area (Å²) in [5.74, 6) is 1.73. The van der Waals surface area contributed by atoms with E-state index in [1.165, 1.54) is 0 Å². The standard InChI is InChI=1S/C20H20N2O3/c1-3-24-17-11-9-16(10-12-17)22-19(23)13-18-14(2)21-20(25-18)15-7-5-4-6-8-15/h4-12H,3,13H2,1-2H3,(H,22,23). The maximum Gasteiger partial charge on any atom is 0.232 e. The molecule has 0 atom stereocenters. The lowest BCUT2D eigenvalue weighted by Crippen LogP contribution is -2.14. The van der Waals surface area contributed by atoms with Crippen LogP contribution in [0.4, 0.5) is 5.69 Å². The smallest absolute Gasteiger partial charge is 0.232 e. The van der Waals surface area contributed by atoms with Crippen LogP contribution in [-0.2, 0) is 11.2 Å². The summed E-state index contributed by atoms with van der Waals surface area (Å²) in [6.07, 6.45) is 0.138. The van der Waals surface area contributed by atoms with E-state index in [9.17, 15) is 4.79 Å². The molecule has 1 heterocycles. The molecule has 0 spiro atoms. The fraction of sp³-hybridized carbons (Fsp3) is 0.200. The Morgan fingerprint density at radius 3 is 2.52 bits per heavy atom. The van der Waals surface area contributed by atoms with Crippen molar-refractivity contribution in [3.63, 3.8) is 0 Å². The molecular formula is C20H20N2O3. The van der Waals surface area contributed by atoms with Crippen LogP contribution in [0.2, 0.25) is 0 Å². The van der Waals surface area contributed by atoms with Gasteiger partial charge in [-0.3, -0.25) is 4.79 Å². The zero-order chi connectivity index (χ0) is 17.6. The van der Waals surface area contributed by atoms with Crippen LogP contribution in [0.5, 0.6) is 5.75 Å². The summed E-state index contributed by atoms with van der Waals surface area (Å²) in [5, 5.41) is 2.85. The van der Waals surface area contributed by atoms with Gasteiger partial charge >= 0.3 is 0 Å². The fourth-order valence-electron chi connectivity index (χ4n) is 2.45. The Kier molecular flexibility index (Phi) is 5.14. The van der Waals surface area contributed by atoms with Gasteiger partial charge in [-0.05, 0) is 50.2 Å². The molecule has 0 radical (unpaired) electrons. The lowest BCUT2D eigenvalue weighted by atomic mass is 10.2. The normalized spacial score (nSPS) is 10.5. The lowest BCUT2D eigenvalue weighted by Gasteiger charge is -2.06. The van der Waals surface area contributed by atoms with E-state index >= 15 is 0 Å². The van der Waals surface area contributed by atoms with Gasteiger partial charge in [0.2, 0.25) is 11.8 Å². The van der Waals surface area contributed by atoms with Gasteiger partial charge in [0.25, 0.3) is 0 Å². The van der Waals surface area contributed by atoms with E-state index in [1.54, 1.807) is 0 Å². The van der Waals surface area contributed by atoms with Crippen molar-refractivity contribution in [2.24, 2.45) is 0 Å². The number of ether oxygens (including phenoxy) is 1. The van der Waals surface area contributed by atoms with Crippen molar-refractivity contribution in [3.8, 4) is 17.2 Å². The topological polar surface area (TPSA) is 64.4 Å². The van der Waals surface area contributed by atoms with Crippen LogP contribution in [0.3, 0.4) is 0 Å². The molecule has 5 nitrogen and oxygen atoms in total. The summed E-state index contributed by atoms with van der Waals surface area (Å²) in [6, 6.07) is 16.9. The Labute approximate surface area is 146 Å². The van der Waals surface area contributed by atoms with Crippen molar-refractivity contribution in [3.05, 3.63) is 66.1 Å². The van der Waals surface area contributed by atoms with Crippen LogP contribution < -0.4 is 10.1 Å². The zero-order valence-corrected chi connectivity index (χ0v) is 14.3. The van der Waals surface area contributed by atoms with Gasteiger partial charge < -0.3 is 14.5 Å². The Morgan fingerprint density at radius 2 is 1.84 bits per heavy atom. The monoisotopic (exact) mass is 336 g/mol. The van der Waals surface area contributed by atoms with Crippen molar-refractivity contribution in [2.75, 3.05) is 11.9 Å². The fourth-order valence-corrected chi connectivity index (χ4v) is 2.45. The molecule has 1 aromatic heterocycles. The van der Waals surface area contributed by atoms with E-state index in [0.717, 1.165) is 17.0 Å². The van der Waals surface area contributed by atoms with Crippen molar-refractivity contribution >= 4 is 11.6 Å². The van der Waals surface area contributed by atoms with Gasteiger partial charge in [0.05, 0.1) is 18.7 Å². The number of benzene rings is 2. The molecular weight excluding hydrogens is 316 g/mol. The first-order chi connectivity index (χ1) is 12.2. The van der Waals surface area contributed by atoms with Crippen LogP contribution in [0.25, 0.3) is 11.5 Å². The molecule has 3 rings (SSSR count). The SMILES string of the molecule is CCOc1ccc(NC(=O)Cc2oc(-c3ccccc3)nc2C)cc1. The lowest BCUT2D eigenvalue weighted by molar-refractivity contribution is -0.115. The number of rotatable bonds is 6. The minimum Gasteiger partial charge on any atom is -0.494 e. The second-order valence-electron chi connectivity index (χ2n) is 5.58. The molecule has 25 heavy (non-hydrogen) atoms. The number of hydrogen-bond acceptors (Lipinski definition) is 4. The van der Waals surface area contributed by atoms with Gasteiger partial charge in [-0.25, -0.2) is 4.98 Å². The largest absolute Gasteiger partial charge is 0.494 e. The number of nitrogens with zero attached hydrogens (tertiary/aromatic N) is 1. The van der Waals surface area contributed by atoms with Gasteiger partial charge in [-0.2, -0.15) is 0 Å². The molecule has 0 aliphatic heterocycles. The highest BCUT2D eigenvalue weighted by molar-refractivity contribution is 5.92. The highest BCUT2D eigenvalue weighted by Crippen LogP contribution is 2.22. The molecule has 1 N–H and O–H groups in total. The van der Waals surface area contributed by atoms with Crippen LogP contribution in [0.15, 0.2) is 59.0 Å². The molecule has 1 amide bonds. The van der Waals surface area contributed by atoms with Crippen molar-refractivity contribution in [2.45, 2.75) is 20.3 Å². The van der Waals surface area contributed by atoms with Crippen molar-refractivity contribution in [1.82, 2.24) is 4.98 Å². The molecule has 0 fully saturated rings. The van der Waals surface area contributed by atoms with Gasteiger partial charge in [0.1, 0.15) is 11.5 Å². The zero-order valence-electron chi connectivity index (χ0n) is 14.3. The Hall–Kier alpha value is -3.08. The molecule has 0 saturated heterocycles. The maximum atomic E-state index is 12.3. The number of carbonyl (C=O) groups excluding carboxylic acids is 1. The van der Waals surface area contributed by atoms with Crippen LogP contribution in [0.1, 0.15) is 18.4 Å². The third-order valence-corrected chi connectivity index (χ3v) is 3.68. The number of aromatic nitrogens is 1. The molecule has 2 aromatic carbocycles. The summed E-state index contributed by atoms with van der Waals surface area (Å²) < 4.78 is 11.2. The highest BCUT2D eigenvalue weighted by Gasteiger charge is 2.15. The van der Waals surface area contributed by atoms with Crippen LogP contribution >= 0.6 is 0 Å². The quantitative estimate of drug-likeness (QED) is 0.731. The highest BCUT2D eigenvalue weighted by atomic mass is 16.5. The third-order valence-electron chi connectivity index (χ3n) is 3.68. The minimum atomic E-state index is -0.150. The summed E-state index contributed by atoms with van der Waals surface area (Å²) in [7, 11) is 0. The van der Waals surface area contributed by atoms with Crippen LogP contribution in [-0.4, -0.2) is 17.5 Å². The Bertz CT molecular complexity index is 839. The first-order valence-corrected chi connectivity index (χ1v) is 8.20. The van der Waals surface area contributed by atoms with E-state index in [0.29, 0.717) is 23.9 Å². The predicted octanol–water partition coefficient (Wildman–Crippen LogP) is 4.23. The number of amides is 1. The van der Waals surface area contributed by atoms with E-state index in [-0.39, 0.29) is 12.3 Å². The predicted molar refractivity (Wildman–Crippen MR) is 96.6 cm³/mol. The Balaban J connectivity index is 1.66. The van der Waals surface area contributed by atoms with Crippen molar-refractivity contribution < 1.29 is 13.9 Å². The second-order valence-corrected chi connectivity index (χ2v) is 5.58. The van der Waals surface area contributed by atoms with Gasteiger partial charge in [-0.1, -0.05) is 18.2 Å². The number of oxazole rings is 1. The molecule has 0 bridgehead atoms. The number of aryl methyl sites for hydroxylation is 1. The average Bonchev–Trinajstić information content (AvgIpc) is 2.98. The summed E-state index contributed by atoms with van der Waals surface area (Å²) in [6.45, 7) is 4.38. The minimum absolute atomic E-state index is 0.138. The number of nitrogens with one attached hydrogen (secondary N) is 1. The number of anilines is 1. The molecule has 0 unspecified atom stereocenters.